The van der Waals surface area contributed by atoms with Crippen LogP contribution >= 0.6 is 0 Å². The van der Waals surface area contributed by atoms with Crippen LogP contribution in [-0.2, 0) is 7.05 Å². The molecule has 0 aromatic carbocycles. The summed E-state index contributed by atoms with van der Waals surface area (Å²) < 4.78 is 2.16. The number of aryl methyl sites for hydroxylation is 1. The van der Waals surface area contributed by atoms with Gasteiger partial charge in [0.15, 0.2) is 0 Å². The zero-order valence-electron chi connectivity index (χ0n) is 9.04. The van der Waals surface area contributed by atoms with E-state index in [0.29, 0.717) is 12.5 Å². The van der Waals surface area contributed by atoms with Crippen LogP contribution in [0.15, 0.2) is 18.3 Å². The van der Waals surface area contributed by atoms with Gasteiger partial charge in [-0.05, 0) is 17.5 Å². The normalized spacial score (nSPS) is 14.5. The lowest BCUT2D eigenvalue weighted by molar-refractivity contribution is 0.315. The van der Waals surface area contributed by atoms with Crippen LogP contribution in [0.5, 0.6) is 0 Å². The molecule has 0 amide bonds. The molecule has 0 bridgehead atoms. The van der Waals surface area contributed by atoms with Gasteiger partial charge in [-0.15, -0.1) is 0 Å². The second-order valence-electron chi connectivity index (χ2n) is 4.70. The number of rotatable bonds is 2. The summed E-state index contributed by atoms with van der Waals surface area (Å²) in [5.74, 6) is 0.437. The Morgan fingerprint density at radius 2 is 2.08 bits per heavy atom. The average Bonchev–Trinajstić information content (AvgIpc) is 2.35. The summed E-state index contributed by atoms with van der Waals surface area (Å²) in [7, 11) is 2.07. The van der Waals surface area contributed by atoms with E-state index in [4.69, 9.17) is 5.73 Å². The van der Waals surface area contributed by atoms with E-state index < -0.39 is 0 Å². The zero-order chi connectivity index (χ0) is 10.1. The Labute approximate surface area is 80.7 Å². The summed E-state index contributed by atoms with van der Waals surface area (Å²) in [6, 6.07) is 4.23. The number of hydrogen-bond acceptors (Lipinski definition) is 1. The van der Waals surface area contributed by atoms with Gasteiger partial charge >= 0.3 is 0 Å². The topological polar surface area (TPSA) is 30.9 Å². The molecule has 0 aliphatic rings. The number of nitrogens with two attached hydrogens (primary N) is 1. The van der Waals surface area contributed by atoms with E-state index in [1.165, 1.54) is 5.69 Å². The predicted octanol–water partition coefficient (Wildman–Crippen LogP) is 2.11. The fourth-order valence-electron chi connectivity index (χ4n) is 1.75. The van der Waals surface area contributed by atoms with Crippen molar-refractivity contribution < 1.29 is 0 Å². The van der Waals surface area contributed by atoms with Crippen LogP contribution in [0.4, 0.5) is 0 Å². The first-order chi connectivity index (χ1) is 5.96. The largest absolute Gasteiger partial charge is 0.354 e. The molecule has 2 heteroatoms. The van der Waals surface area contributed by atoms with Crippen molar-refractivity contribution in [3.05, 3.63) is 24.0 Å². The third kappa shape index (κ3) is 2.13. The molecule has 1 rings (SSSR count). The summed E-state index contributed by atoms with van der Waals surface area (Å²) in [6.07, 6.45) is 2.07. The van der Waals surface area contributed by atoms with E-state index in [1.807, 2.05) is 0 Å². The van der Waals surface area contributed by atoms with Crippen molar-refractivity contribution >= 4 is 0 Å². The summed E-state index contributed by atoms with van der Waals surface area (Å²) >= 11 is 0. The molecule has 1 aromatic heterocycles. The van der Waals surface area contributed by atoms with E-state index >= 15 is 0 Å². The third-order valence-electron chi connectivity index (χ3n) is 2.62. The van der Waals surface area contributed by atoms with Crippen LogP contribution in [0, 0.1) is 5.41 Å². The maximum atomic E-state index is 5.81. The van der Waals surface area contributed by atoms with Crippen molar-refractivity contribution in [3.8, 4) is 0 Å². The Balaban J connectivity index is 2.98. The van der Waals surface area contributed by atoms with Gasteiger partial charge in [0.1, 0.15) is 0 Å². The molecule has 0 aliphatic heterocycles. The Hall–Kier alpha value is -0.760. The van der Waals surface area contributed by atoms with Crippen LogP contribution in [0.1, 0.15) is 32.4 Å². The van der Waals surface area contributed by atoms with Crippen molar-refractivity contribution in [2.45, 2.75) is 26.7 Å². The van der Waals surface area contributed by atoms with E-state index in [1.54, 1.807) is 0 Å². The first-order valence-electron chi connectivity index (χ1n) is 4.78. The molecule has 0 radical (unpaired) electrons. The van der Waals surface area contributed by atoms with E-state index in [9.17, 15) is 0 Å². The van der Waals surface area contributed by atoms with E-state index in [2.05, 4.69) is 50.7 Å². The molecule has 0 spiro atoms. The molecule has 2 nitrogen and oxygen atoms in total. The SMILES string of the molecule is Cn1cccc1C(CN)C(C)(C)C. The van der Waals surface area contributed by atoms with Gasteiger partial charge in [-0.2, -0.15) is 0 Å². The molecule has 13 heavy (non-hydrogen) atoms. The fraction of sp³-hybridized carbons (Fsp3) is 0.636. The highest BCUT2D eigenvalue weighted by Crippen LogP contribution is 2.33. The highest BCUT2D eigenvalue weighted by molar-refractivity contribution is 5.15. The molecule has 1 atom stereocenters. The van der Waals surface area contributed by atoms with Gasteiger partial charge in [0, 0.05) is 31.4 Å². The highest BCUT2D eigenvalue weighted by atomic mass is 14.9. The molecule has 0 aliphatic carbocycles. The molecule has 74 valence electrons. The zero-order valence-corrected chi connectivity index (χ0v) is 9.04. The second kappa shape index (κ2) is 3.54. The Kier molecular flexibility index (Phi) is 2.81. The second-order valence-corrected chi connectivity index (χ2v) is 4.70. The molecule has 1 aromatic rings. The number of aromatic nitrogens is 1. The highest BCUT2D eigenvalue weighted by Gasteiger charge is 2.26. The minimum Gasteiger partial charge on any atom is -0.354 e. The van der Waals surface area contributed by atoms with Crippen molar-refractivity contribution in [1.82, 2.24) is 4.57 Å². The van der Waals surface area contributed by atoms with Crippen molar-refractivity contribution in [2.75, 3.05) is 6.54 Å². The molecule has 1 heterocycles. The van der Waals surface area contributed by atoms with Crippen LogP contribution < -0.4 is 5.73 Å². The van der Waals surface area contributed by atoms with Gasteiger partial charge in [-0.1, -0.05) is 20.8 Å². The van der Waals surface area contributed by atoms with Gasteiger partial charge in [-0.3, -0.25) is 0 Å². The van der Waals surface area contributed by atoms with Gasteiger partial charge in [0.25, 0.3) is 0 Å². The van der Waals surface area contributed by atoms with E-state index in [-0.39, 0.29) is 5.41 Å². The monoisotopic (exact) mass is 180 g/mol. The smallest absolute Gasteiger partial charge is 0.0220 e. The third-order valence-corrected chi connectivity index (χ3v) is 2.62. The molecular weight excluding hydrogens is 160 g/mol. The lowest BCUT2D eigenvalue weighted by Gasteiger charge is -2.30. The Morgan fingerprint density at radius 1 is 1.46 bits per heavy atom. The van der Waals surface area contributed by atoms with Gasteiger partial charge < -0.3 is 10.3 Å². The summed E-state index contributed by atoms with van der Waals surface area (Å²) in [4.78, 5) is 0. The molecular formula is C11H20N2. The van der Waals surface area contributed by atoms with Crippen molar-refractivity contribution in [3.63, 3.8) is 0 Å². The lowest BCUT2D eigenvalue weighted by atomic mass is 9.79. The fourth-order valence-corrected chi connectivity index (χ4v) is 1.75. The minimum absolute atomic E-state index is 0.237. The quantitative estimate of drug-likeness (QED) is 0.742. The molecule has 2 N–H and O–H groups in total. The molecule has 0 fully saturated rings. The van der Waals surface area contributed by atoms with Crippen LogP contribution in [0.2, 0.25) is 0 Å². The molecule has 0 saturated carbocycles. The maximum Gasteiger partial charge on any atom is 0.0220 e. The molecule has 1 unspecified atom stereocenters. The lowest BCUT2D eigenvalue weighted by Crippen LogP contribution is -2.27. The van der Waals surface area contributed by atoms with Gasteiger partial charge in [0.05, 0.1) is 0 Å². The summed E-state index contributed by atoms with van der Waals surface area (Å²) in [5.41, 5.74) is 7.37. The standard InChI is InChI=1S/C11H20N2/c1-11(2,3)9(8-12)10-6-5-7-13(10)4/h5-7,9H,8,12H2,1-4H3. The first kappa shape index (κ1) is 10.3. The van der Waals surface area contributed by atoms with Gasteiger partial charge in [-0.25, -0.2) is 0 Å². The minimum atomic E-state index is 0.237. The van der Waals surface area contributed by atoms with Crippen molar-refractivity contribution in [2.24, 2.45) is 18.2 Å². The predicted molar refractivity (Wildman–Crippen MR) is 56.7 cm³/mol. The summed E-state index contributed by atoms with van der Waals surface area (Å²) in [6.45, 7) is 7.41. The van der Waals surface area contributed by atoms with Gasteiger partial charge in [0.2, 0.25) is 0 Å². The van der Waals surface area contributed by atoms with E-state index in [0.717, 1.165) is 0 Å². The van der Waals surface area contributed by atoms with Crippen LogP contribution in [0.25, 0.3) is 0 Å². The van der Waals surface area contributed by atoms with Crippen LogP contribution in [0.3, 0.4) is 0 Å². The van der Waals surface area contributed by atoms with Crippen LogP contribution in [-0.4, -0.2) is 11.1 Å². The molecule has 0 saturated heterocycles. The number of nitrogens with zero attached hydrogens (tertiary/aromatic N) is 1. The first-order valence-corrected chi connectivity index (χ1v) is 4.78. The number of hydrogen-bond donors (Lipinski definition) is 1. The van der Waals surface area contributed by atoms with Crippen molar-refractivity contribution in [1.29, 1.82) is 0 Å². The Morgan fingerprint density at radius 3 is 2.38 bits per heavy atom. The average molecular weight is 180 g/mol. The Bertz CT molecular complexity index is 268. The maximum absolute atomic E-state index is 5.81. The summed E-state index contributed by atoms with van der Waals surface area (Å²) in [5, 5.41) is 0.